The van der Waals surface area contributed by atoms with Crippen molar-refractivity contribution in [3.05, 3.63) is 33.6 Å². The molecule has 1 aliphatic rings. The highest BCUT2D eigenvalue weighted by Gasteiger charge is 2.19. The molecule has 5 heteroatoms. The van der Waals surface area contributed by atoms with E-state index < -0.39 is 0 Å². The predicted molar refractivity (Wildman–Crippen MR) is 81.5 cm³/mol. The Bertz CT molecular complexity index is 607. The van der Waals surface area contributed by atoms with Crippen LogP contribution >= 0.6 is 11.3 Å². The maximum absolute atomic E-state index is 12.3. The Morgan fingerprint density at radius 3 is 3.15 bits per heavy atom. The van der Waals surface area contributed by atoms with Crippen molar-refractivity contribution >= 4 is 23.1 Å². The molecule has 2 aromatic heterocycles. The number of carbonyl (C=O) groups excluding carboxylic acids is 1. The van der Waals surface area contributed by atoms with E-state index in [0.717, 1.165) is 30.0 Å². The van der Waals surface area contributed by atoms with Crippen LogP contribution in [0.3, 0.4) is 0 Å². The van der Waals surface area contributed by atoms with Crippen LogP contribution in [0.5, 0.6) is 0 Å². The molecule has 1 unspecified atom stereocenters. The van der Waals surface area contributed by atoms with Gasteiger partial charge in [0.25, 0.3) is 5.91 Å². The van der Waals surface area contributed by atoms with Gasteiger partial charge in [-0.15, -0.1) is 11.3 Å². The molecule has 0 fully saturated rings. The van der Waals surface area contributed by atoms with E-state index in [-0.39, 0.29) is 11.9 Å². The standard InChI is InChI=1S/C15H19N3OS/c1-3-10(2)18-14(7-8-16-18)17-15(19)13-9-11-5-4-6-12(11)20-13/h7-10H,3-6H2,1-2H3,(H,17,19). The van der Waals surface area contributed by atoms with Crippen molar-refractivity contribution in [3.63, 3.8) is 0 Å². The summed E-state index contributed by atoms with van der Waals surface area (Å²) >= 11 is 1.63. The Balaban J connectivity index is 1.77. The second kappa shape index (κ2) is 5.40. The number of nitrogens with zero attached hydrogens (tertiary/aromatic N) is 2. The number of rotatable bonds is 4. The molecule has 1 aliphatic carbocycles. The van der Waals surface area contributed by atoms with Crippen LogP contribution in [-0.4, -0.2) is 15.7 Å². The molecular formula is C15H19N3OS. The van der Waals surface area contributed by atoms with Gasteiger partial charge in [0.15, 0.2) is 0 Å². The van der Waals surface area contributed by atoms with Crippen molar-refractivity contribution in [1.82, 2.24) is 9.78 Å². The summed E-state index contributed by atoms with van der Waals surface area (Å²) in [6, 6.07) is 4.19. The Labute approximate surface area is 122 Å². The average Bonchev–Trinajstić information content (AvgIpc) is 3.11. The molecule has 0 aliphatic heterocycles. The summed E-state index contributed by atoms with van der Waals surface area (Å²) in [7, 11) is 0. The van der Waals surface area contributed by atoms with Crippen LogP contribution in [0, 0.1) is 0 Å². The fourth-order valence-corrected chi connectivity index (χ4v) is 3.71. The van der Waals surface area contributed by atoms with Gasteiger partial charge in [-0.05, 0) is 44.2 Å². The number of nitrogens with one attached hydrogen (secondary N) is 1. The van der Waals surface area contributed by atoms with Crippen LogP contribution in [0.15, 0.2) is 18.3 Å². The number of amides is 1. The third-order valence-corrected chi connectivity index (χ3v) is 5.13. The van der Waals surface area contributed by atoms with Gasteiger partial charge in [0.2, 0.25) is 0 Å². The second-order valence-electron chi connectivity index (χ2n) is 5.29. The maximum Gasteiger partial charge on any atom is 0.266 e. The van der Waals surface area contributed by atoms with E-state index in [9.17, 15) is 4.79 Å². The van der Waals surface area contributed by atoms with Crippen molar-refractivity contribution in [2.45, 2.75) is 45.6 Å². The van der Waals surface area contributed by atoms with Crippen LogP contribution in [0.25, 0.3) is 0 Å². The highest BCUT2D eigenvalue weighted by molar-refractivity contribution is 7.14. The zero-order valence-corrected chi connectivity index (χ0v) is 12.7. The van der Waals surface area contributed by atoms with Crippen molar-refractivity contribution in [1.29, 1.82) is 0 Å². The lowest BCUT2D eigenvalue weighted by Crippen LogP contribution is -2.16. The van der Waals surface area contributed by atoms with Crippen molar-refractivity contribution in [2.24, 2.45) is 0 Å². The number of carbonyl (C=O) groups is 1. The molecule has 20 heavy (non-hydrogen) atoms. The fourth-order valence-electron chi connectivity index (χ4n) is 2.56. The zero-order valence-electron chi connectivity index (χ0n) is 11.8. The first kappa shape index (κ1) is 13.4. The molecule has 0 bridgehead atoms. The Hall–Kier alpha value is -1.62. The van der Waals surface area contributed by atoms with E-state index in [1.807, 2.05) is 16.8 Å². The molecule has 0 aromatic carbocycles. The summed E-state index contributed by atoms with van der Waals surface area (Å²) in [5.74, 6) is 0.757. The first-order chi connectivity index (χ1) is 9.69. The monoisotopic (exact) mass is 289 g/mol. The average molecular weight is 289 g/mol. The number of hydrogen-bond acceptors (Lipinski definition) is 3. The third-order valence-electron chi connectivity index (χ3n) is 3.89. The minimum atomic E-state index is -0.0190. The molecule has 1 amide bonds. The number of aryl methyl sites for hydroxylation is 2. The molecule has 1 atom stereocenters. The highest BCUT2D eigenvalue weighted by Crippen LogP contribution is 2.31. The van der Waals surface area contributed by atoms with Gasteiger partial charge in [-0.1, -0.05) is 6.92 Å². The van der Waals surface area contributed by atoms with E-state index in [1.165, 1.54) is 16.9 Å². The zero-order chi connectivity index (χ0) is 14.1. The van der Waals surface area contributed by atoms with E-state index in [2.05, 4.69) is 24.3 Å². The van der Waals surface area contributed by atoms with E-state index in [4.69, 9.17) is 0 Å². The summed E-state index contributed by atoms with van der Waals surface area (Å²) in [6.07, 6.45) is 6.18. The largest absolute Gasteiger partial charge is 0.306 e. The SMILES string of the molecule is CCC(C)n1nccc1NC(=O)c1cc2c(s1)CCC2. The minimum Gasteiger partial charge on any atom is -0.306 e. The predicted octanol–water partition coefficient (Wildman–Crippen LogP) is 3.66. The van der Waals surface area contributed by atoms with Crippen molar-refractivity contribution < 1.29 is 4.79 Å². The van der Waals surface area contributed by atoms with Gasteiger partial charge in [0.1, 0.15) is 5.82 Å². The number of thiophene rings is 1. The molecule has 0 radical (unpaired) electrons. The summed E-state index contributed by atoms with van der Waals surface area (Å²) in [5.41, 5.74) is 1.36. The molecule has 1 N–H and O–H groups in total. The quantitative estimate of drug-likeness (QED) is 0.933. The van der Waals surface area contributed by atoms with Crippen LogP contribution in [-0.2, 0) is 12.8 Å². The first-order valence-corrected chi connectivity index (χ1v) is 7.97. The molecular weight excluding hydrogens is 270 g/mol. The number of anilines is 1. The normalized spacial score (nSPS) is 15.1. The third kappa shape index (κ3) is 2.38. The number of hydrogen-bond donors (Lipinski definition) is 1. The molecule has 106 valence electrons. The molecule has 4 nitrogen and oxygen atoms in total. The maximum atomic E-state index is 12.3. The second-order valence-corrected chi connectivity index (χ2v) is 6.42. The lowest BCUT2D eigenvalue weighted by Gasteiger charge is -2.13. The molecule has 2 aromatic rings. The van der Waals surface area contributed by atoms with Crippen LogP contribution < -0.4 is 5.32 Å². The highest BCUT2D eigenvalue weighted by atomic mass is 32.1. The van der Waals surface area contributed by atoms with Crippen LogP contribution in [0.1, 0.15) is 52.8 Å². The van der Waals surface area contributed by atoms with E-state index in [1.54, 1.807) is 17.5 Å². The lowest BCUT2D eigenvalue weighted by molar-refractivity contribution is 0.102. The Morgan fingerprint density at radius 1 is 1.55 bits per heavy atom. The van der Waals surface area contributed by atoms with Gasteiger partial charge in [-0.25, -0.2) is 4.68 Å². The Morgan fingerprint density at radius 2 is 2.40 bits per heavy atom. The van der Waals surface area contributed by atoms with Crippen LogP contribution in [0.2, 0.25) is 0 Å². The van der Waals surface area contributed by atoms with E-state index >= 15 is 0 Å². The van der Waals surface area contributed by atoms with Gasteiger partial charge in [-0.2, -0.15) is 5.10 Å². The summed E-state index contributed by atoms with van der Waals surface area (Å²) in [4.78, 5) is 14.5. The summed E-state index contributed by atoms with van der Waals surface area (Å²) in [6.45, 7) is 4.21. The van der Waals surface area contributed by atoms with Gasteiger partial charge in [0, 0.05) is 10.9 Å². The van der Waals surface area contributed by atoms with Gasteiger partial charge >= 0.3 is 0 Å². The number of fused-ring (bicyclic) bond motifs is 1. The lowest BCUT2D eigenvalue weighted by atomic mass is 10.2. The molecule has 3 rings (SSSR count). The smallest absolute Gasteiger partial charge is 0.266 e. The Kier molecular flexibility index (Phi) is 3.61. The molecule has 0 saturated carbocycles. The molecule has 0 saturated heterocycles. The fraction of sp³-hybridized carbons (Fsp3) is 0.467. The van der Waals surface area contributed by atoms with Gasteiger partial charge in [-0.3, -0.25) is 4.79 Å². The molecule has 0 spiro atoms. The van der Waals surface area contributed by atoms with Crippen molar-refractivity contribution in [3.8, 4) is 0 Å². The summed E-state index contributed by atoms with van der Waals surface area (Å²) in [5, 5.41) is 7.27. The number of aromatic nitrogens is 2. The van der Waals surface area contributed by atoms with Gasteiger partial charge in [0.05, 0.1) is 17.1 Å². The van der Waals surface area contributed by atoms with E-state index in [0.29, 0.717) is 0 Å². The first-order valence-electron chi connectivity index (χ1n) is 7.15. The summed E-state index contributed by atoms with van der Waals surface area (Å²) < 4.78 is 1.87. The topological polar surface area (TPSA) is 46.9 Å². The van der Waals surface area contributed by atoms with Crippen molar-refractivity contribution in [2.75, 3.05) is 5.32 Å². The van der Waals surface area contributed by atoms with Crippen LogP contribution in [0.4, 0.5) is 5.82 Å². The van der Waals surface area contributed by atoms with Gasteiger partial charge < -0.3 is 5.32 Å². The minimum absolute atomic E-state index is 0.0190. The molecule has 2 heterocycles.